The van der Waals surface area contributed by atoms with Crippen molar-refractivity contribution in [3.63, 3.8) is 0 Å². The molecule has 24 heavy (non-hydrogen) atoms. The molecule has 0 fully saturated rings. The van der Waals surface area contributed by atoms with E-state index in [4.69, 9.17) is 9.47 Å². The monoisotopic (exact) mass is 331 g/mol. The van der Waals surface area contributed by atoms with Crippen LogP contribution in [0, 0.1) is 5.95 Å². The largest absolute Gasteiger partial charge is 0.493 e. The molecule has 0 spiro atoms. The van der Waals surface area contributed by atoms with Gasteiger partial charge in [0, 0.05) is 26.2 Å². The molecule has 2 heterocycles. The summed E-state index contributed by atoms with van der Waals surface area (Å²) in [6, 6.07) is 8.89. The van der Waals surface area contributed by atoms with Gasteiger partial charge in [-0.1, -0.05) is 6.07 Å². The van der Waals surface area contributed by atoms with Crippen LogP contribution in [0.25, 0.3) is 0 Å². The summed E-state index contributed by atoms with van der Waals surface area (Å²) in [7, 11) is 3.31. The normalized spacial score (nSPS) is 14.1. The molecule has 0 saturated carbocycles. The van der Waals surface area contributed by atoms with Crippen LogP contribution < -0.4 is 14.8 Å². The van der Waals surface area contributed by atoms with Crippen molar-refractivity contribution in [3.05, 3.63) is 47.4 Å². The van der Waals surface area contributed by atoms with Gasteiger partial charge in [-0.2, -0.15) is 4.39 Å². The maximum Gasteiger partial charge on any atom is 0.214 e. The Bertz CT molecular complexity index is 709. The SMILES string of the molecule is COc1cc2c(cc1OC)CN(CCNc1cccc(F)n1)CC2. The van der Waals surface area contributed by atoms with Gasteiger partial charge in [-0.05, 0) is 41.8 Å². The highest BCUT2D eigenvalue weighted by molar-refractivity contribution is 5.48. The molecule has 0 amide bonds. The Balaban J connectivity index is 1.58. The smallest absolute Gasteiger partial charge is 0.214 e. The minimum atomic E-state index is -0.465. The molecule has 5 nitrogen and oxygen atoms in total. The van der Waals surface area contributed by atoms with Gasteiger partial charge in [-0.25, -0.2) is 4.98 Å². The summed E-state index contributed by atoms with van der Waals surface area (Å²) >= 11 is 0. The van der Waals surface area contributed by atoms with E-state index in [-0.39, 0.29) is 0 Å². The molecular weight excluding hydrogens is 309 g/mol. The third-order valence-electron chi connectivity index (χ3n) is 4.25. The summed E-state index contributed by atoms with van der Waals surface area (Å²) < 4.78 is 23.8. The average Bonchev–Trinajstić information content (AvgIpc) is 2.60. The van der Waals surface area contributed by atoms with E-state index in [0.717, 1.165) is 44.1 Å². The quantitative estimate of drug-likeness (QED) is 0.825. The van der Waals surface area contributed by atoms with Crippen LogP contribution in [-0.2, 0) is 13.0 Å². The maximum atomic E-state index is 13.1. The summed E-state index contributed by atoms with van der Waals surface area (Å²) in [6.45, 7) is 3.44. The van der Waals surface area contributed by atoms with Gasteiger partial charge in [0.2, 0.25) is 5.95 Å². The lowest BCUT2D eigenvalue weighted by molar-refractivity contribution is 0.262. The van der Waals surface area contributed by atoms with E-state index in [2.05, 4.69) is 27.3 Å². The number of pyridine rings is 1. The lowest BCUT2D eigenvalue weighted by atomic mass is 9.99. The Hall–Kier alpha value is -2.34. The number of anilines is 1. The van der Waals surface area contributed by atoms with E-state index < -0.39 is 5.95 Å². The molecule has 1 aromatic carbocycles. The van der Waals surface area contributed by atoms with E-state index in [0.29, 0.717) is 5.82 Å². The molecule has 0 unspecified atom stereocenters. The highest BCUT2D eigenvalue weighted by Gasteiger charge is 2.19. The standard InChI is InChI=1S/C18H22FN3O2/c1-23-15-10-13-6-8-22(12-14(13)11-16(15)24-2)9-7-20-18-5-3-4-17(19)21-18/h3-5,10-11H,6-9,12H2,1-2H3,(H,20,21). The molecule has 3 rings (SSSR count). The van der Waals surface area contributed by atoms with Crippen LogP contribution in [0.1, 0.15) is 11.1 Å². The molecule has 1 aromatic heterocycles. The maximum absolute atomic E-state index is 13.1. The molecule has 0 aliphatic carbocycles. The minimum absolute atomic E-state index is 0.465. The molecule has 6 heteroatoms. The number of fused-ring (bicyclic) bond motifs is 1. The van der Waals surface area contributed by atoms with Crippen molar-refractivity contribution in [2.75, 3.05) is 39.2 Å². The third kappa shape index (κ3) is 3.76. The lowest BCUT2D eigenvalue weighted by Crippen LogP contribution is -2.34. The molecule has 128 valence electrons. The van der Waals surface area contributed by atoms with E-state index >= 15 is 0 Å². The number of methoxy groups -OCH3 is 2. The Morgan fingerprint density at radius 2 is 1.92 bits per heavy atom. The fourth-order valence-corrected chi connectivity index (χ4v) is 2.98. The number of halogens is 1. The number of aromatic nitrogens is 1. The van der Waals surface area contributed by atoms with Crippen LogP contribution in [0.15, 0.2) is 30.3 Å². The summed E-state index contributed by atoms with van der Waals surface area (Å²) in [5, 5.41) is 3.16. The van der Waals surface area contributed by atoms with Gasteiger partial charge in [0.25, 0.3) is 0 Å². The summed E-state index contributed by atoms with van der Waals surface area (Å²) in [4.78, 5) is 6.17. The van der Waals surface area contributed by atoms with E-state index in [1.54, 1.807) is 26.4 Å². The predicted molar refractivity (Wildman–Crippen MR) is 91.2 cm³/mol. The molecule has 0 radical (unpaired) electrons. The van der Waals surface area contributed by atoms with E-state index in [1.165, 1.54) is 17.2 Å². The molecule has 0 bridgehead atoms. The number of hydrogen-bond donors (Lipinski definition) is 1. The molecule has 1 N–H and O–H groups in total. The fourth-order valence-electron chi connectivity index (χ4n) is 2.98. The second kappa shape index (κ2) is 7.49. The van der Waals surface area contributed by atoms with Gasteiger partial charge in [0.1, 0.15) is 5.82 Å². The van der Waals surface area contributed by atoms with Crippen LogP contribution in [0.3, 0.4) is 0 Å². The van der Waals surface area contributed by atoms with Gasteiger partial charge >= 0.3 is 0 Å². The third-order valence-corrected chi connectivity index (χ3v) is 4.25. The van der Waals surface area contributed by atoms with Crippen molar-refractivity contribution >= 4 is 5.82 Å². The average molecular weight is 331 g/mol. The predicted octanol–water partition coefficient (Wildman–Crippen LogP) is 2.71. The second-order valence-electron chi connectivity index (χ2n) is 5.77. The number of benzene rings is 1. The van der Waals surface area contributed by atoms with Crippen molar-refractivity contribution in [1.82, 2.24) is 9.88 Å². The first-order valence-electron chi connectivity index (χ1n) is 8.02. The summed E-state index contributed by atoms with van der Waals surface area (Å²) in [5.74, 6) is 1.65. The van der Waals surface area contributed by atoms with E-state index in [1.807, 2.05) is 0 Å². The molecule has 0 saturated heterocycles. The van der Waals surface area contributed by atoms with Gasteiger partial charge in [-0.3, -0.25) is 4.90 Å². The van der Waals surface area contributed by atoms with Crippen LogP contribution in [-0.4, -0.2) is 43.7 Å². The van der Waals surface area contributed by atoms with Gasteiger partial charge < -0.3 is 14.8 Å². The van der Waals surface area contributed by atoms with Crippen LogP contribution in [0.4, 0.5) is 10.2 Å². The van der Waals surface area contributed by atoms with Crippen molar-refractivity contribution in [1.29, 1.82) is 0 Å². The Morgan fingerprint density at radius 1 is 1.17 bits per heavy atom. The number of nitrogens with zero attached hydrogens (tertiary/aromatic N) is 2. The zero-order chi connectivity index (χ0) is 16.9. The summed E-state index contributed by atoms with van der Waals surface area (Å²) in [6.07, 6.45) is 0.980. The first-order chi connectivity index (χ1) is 11.7. The number of ether oxygens (including phenoxy) is 2. The fraction of sp³-hybridized carbons (Fsp3) is 0.389. The lowest BCUT2D eigenvalue weighted by Gasteiger charge is -2.29. The zero-order valence-electron chi connectivity index (χ0n) is 14.0. The van der Waals surface area contributed by atoms with Crippen LogP contribution >= 0.6 is 0 Å². The number of nitrogens with one attached hydrogen (secondary N) is 1. The zero-order valence-corrected chi connectivity index (χ0v) is 14.0. The first kappa shape index (κ1) is 16.5. The second-order valence-corrected chi connectivity index (χ2v) is 5.77. The Kier molecular flexibility index (Phi) is 5.15. The molecule has 0 atom stereocenters. The Morgan fingerprint density at radius 3 is 2.62 bits per heavy atom. The summed E-state index contributed by atoms with van der Waals surface area (Å²) in [5.41, 5.74) is 2.58. The number of rotatable bonds is 6. The molecular formula is C18H22FN3O2. The van der Waals surface area contributed by atoms with Crippen LogP contribution in [0.5, 0.6) is 11.5 Å². The number of hydrogen-bond acceptors (Lipinski definition) is 5. The van der Waals surface area contributed by atoms with Gasteiger partial charge in [0.15, 0.2) is 11.5 Å². The van der Waals surface area contributed by atoms with Crippen molar-refractivity contribution < 1.29 is 13.9 Å². The molecule has 2 aromatic rings. The first-order valence-corrected chi connectivity index (χ1v) is 8.02. The van der Waals surface area contributed by atoms with E-state index in [9.17, 15) is 4.39 Å². The van der Waals surface area contributed by atoms with Crippen LogP contribution in [0.2, 0.25) is 0 Å². The van der Waals surface area contributed by atoms with Crippen molar-refractivity contribution in [3.8, 4) is 11.5 Å². The van der Waals surface area contributed by atoms with Crippen molar-refractivity contribution in [2.45, 2.75) is 13.0 Å². The topological polar surface area (TPSA) is 46.6 Å². The highest BCUT2D eigenvalue weighted by Crippen LogP contribution is 2.33. The Labute approximate surface area is 141 Å². The van der Waals surface area contributed by atoms with Gasteiger partial charge in [0.05, 0.1) is 14.2 Å². The highest BCUT2D eigenvalue weighted by atomic mass is 19.1. The molecule has 1 aliphatic rings. The minimum Gasteiger partial charge on any atom is -0.493 e. The molecule has 1 aliphatic heterocycles. The van der Waals surface area contributed by atoms with Gasteiger partial charge in [-0.15, -0.1) is 0 Å². The van der Waals surface area contributed by atoms with Crippen molar-refractivity contribution in [2.24, 2.45) is 0 Å².